The molecule has 2 rings (SSSR count). The predicted molar refractivity (Wildman–Crippen MR) is 61.5 cm³/mol. The summed E-state index contributed by atoms with van der Waals surface area (Å²) < 4.78 is 0. The van der Waals surface area contributed by atoms with Crippen LogP contribution in [0, 0.1) is 0 Å². The Labute approximate surface area is 92.0 Å². The van der Waals surface area contributed by atoms with Gasteiger partial charge >= 0.3 is 0 Å². The highest BCUT2D eigenvalue weighted by atomic mass is 32.1. The predicted octanol–water partition coefficient (Wildman–Crippen LogP) is 1.18. The van der Waals surface area contributed by atoms with Crippen LogP contribution < -0.4 is 5.73 Å². The van der Waals surface area contributed by atoms with E-state index in [-0.39, 0.29) is 0 Å². The molecule has 80 valence electrons. The average Bonchev–Trinajstić information content (AvgIpc) is 2.72. The van der Waals surface area contributed by atoms with Crippen molar-refractivity contribution < 1.29 is 0 Å². The van der Waals surface area contributed by atoms with Crippen LogP contribution >= 0.6 is 11.3 Å². The lowest BCUT2D eigenvalue weighted by atomic mass is 10.5. The maximum atomic E-state index is 5.51. The zero-order chi connectivity index (χ0) is 10.8. The summed E-state index contributed by atoms with van der Waals surface area (Å²) in [5.74, 6) is 0.425. The van der Waals surface area contributed by atoms with Crippen molar-refractivity contribution in [3.05, 3.63) is 17.3 Å². The number of hydrogen-bond donors (Lipinski definition) is 2. The van der Waals surface area contributed by atoms with Gasteiger partial charge in [-0.05, 0) is 14.1 Å². The van der Waals surface area contributed by atoms with Crippen LogP contribution in [0.15, 0.2) is 12.4 Å². The topological polar surface area (TPSA) is 70.8 Å². The summed E-state index contributed by atoms with van der Waals surface area (Å²) in [4.78, 5) is 14.6. The second-order valence-electron chi connectivity index (χ2n) is 3.55. The monoisotopic (exact) mass is 223 g/mol. The third-order valence-electron chi connectivity index (χ3n) is 1.85. The van der Waals surface area contributed by atoms with Crippen LogP contribution in [-0.4, -0.2) is 33.9 Å². The van der Waals surface area contributed by atoms with Crippen LogP contribution in [0.3, 0.4) is 0 Å². The highest BCUT2D eigenvalue weighted by Crippen LogP contribution is 2.24. The number of thiazole rings is 1. The molecule has 6 heteroatoms. The molecule has 5 nitrogen and oxygen atoms in total. The van der Waals surface area contributed by atoms with Crippen LogP contribution in [0.2, 0.25) is 0 Å². The van der Waals surface area contributed by atoms with E-state index < -0.39 is 0 Å². The first-order valence-electron chi connectivity index (χ1n) is 4.55. The number of nitrogen functional groups attached to an aromatic ring is 1. The van der Waals surface area contributed by atoms with E-state index in [1.54, 1.807) is 17.5 Å². The molecule has 0 spiro atoms. The Morgan fingerprint density at radius 1 is 1.40 bits per heavy atom. The van der Waals surface area contributed by atoms with E-state index in [4.69, 9.17) is 5.73 Å². The van der Waals surface area contributed by atoms with Gasteiger partial charge in [0.15, 0.2) is 5.95 Å². The Morgan fingerprint density at radius 2 is 2.20 bits per heavy atom. The number of nitrogens with zero attached hydrogens (tertiary/aromatic N) is 3. The van der Waals surface area contributed by atoms with E-state index in [0.717, 1.165) is 17.2 Å². The molecule has 0 aliphatic carbocycles. The molecule has 0 amide bonds. The van der Waals surface area contributed by atoms with Gasteiger partial charge in [-0.2, -0.15) is 0 Å². The van der Waals surface area contributed by atoms with E-state index in [1.165, 1.54) is 4.88 Å². The van der Waals surface area contributed by atoms with Gasteiger partial charge in [-0.25, -0.2) is 9.97 Å². The van der Waals surface area contributed by atoms with Gasteiger partial charge in [-0.15, -0.1) is 11.3 Å². The van der Waals surface area contributed by atoms with Crippen LogP contribution in [-0.2, 0) is 6.54 Å². The minimum absolute atomic E-state index is 0.425. The van der Waals surface area contributed by atoms with Crippen LogP contribution in [0.1, 0.15) is 4.88 Å². The summed E-state index contributed by atoms with van der Waals surface area (Å²) in [6.45, 7) is 0.904. The lowest BCUT2D eigenvalue weighted by Gasteiger charge is -2.05. The fourth-order valence-corrected chi connectivity index (χ4v) is 2.26. The summed E-state index contributed by atoms with van der Waals surface area (Å²) in [5, 5.41) is 0.927. The Hall–Kier alpha value is -1.40. The largest absolute Gasteiger partial charge is 0.369 e. The number of aromatic amines is 1. The van der Waals surface area contributed by atoms with Crippen LogP contribution in [0.25, 0.3) is 10.7 Å². The van der Waals surface area contributed by atoms with Gasteiger partial charge in [0.2, 0.25) is 0 Å². The number of rotatable bonds is 3. The van der Waals surface area contributed by atoms with Gasteiger partial charge in [0, 0.05) is 17.6 Å². The highest BCUT2D eigenvalue weighted by Gasteiger charge is 2.07. The Bertz CT molecular complexity index is 445. The van der Waals surface area contributed by atoms with Gasteiger partial charge in [0.25, 0.3) is 0 Å². The van der Waals surface area contributed by atoms with Crippen LogP contribution in [0.4, 0.5) is 5.95 Å². The van der Waals surface area contributed by atoms with Crippen molar-refractivity contribution in [1.29, 1.82) is 0 Å². The highest BCUT2D eigenvalue weighted by molar-refractivity contribution is 7.14. The summed E-state index contributed by atoms with van der Waals surface area (Å²) in [7, 11) is 4.07. The second-order valence-corrected chi connectivity index (χ2v) is 4.67. The lowest BCUT2D eigenvalue weighted by Crippen LogP contribution is -2.09. The van der Waals surface area contributed by atoms with E-state index >= 15 is 0 Å². The molecular formula is C9H13N5S. The maximum absolute atomic E-state index is 5.51. The molecule has 0 bridgehead atoms. The van der Waals surface area contributed by atoms with Crippen molar-refractivity contribution in [3.8, 4) is 10.7 Å². The fourth-order valence-electron chi connectivity index (χ4n) is 1.26. The SMILES string of the molecule is CN(C)Cc1cnc(-c2cnc(N)[nH]2)s1. The van der Waals surface area contributed by atoms with Crippen molar-refractivity contribution in [3.63, 3.8) is 0 Å². The lowest BCUT2D eigenvalue weighted by molar-refractivity contribution is 0.406. The molecule has 2 heterocycles. The molecular weight excluding hydrogens is 210 g/mol. The van der Waals surface area contributed by atoms with Crippen molar-refractivity contribution in [1.82, 2.24) is 19.9 Å². The van der Waals surface area contributed by atoms with E-state index in [0.29, 0.717) is 5.95 Å². The van der Waals surface area contributed by atoms with Crippen molar-refractivity contribution in [2.75, 3.05) is 19.8 Å². The number of nitrogens with two attached hydrogens (primary N) is 1. The summed E-state index contributed by atoms with van der Waals surface area (Å²) in [6, 6.07) is 0. The molecule has 0 atom stereocenters. The van der Waals surface area contributed by atoms with Gasteiger partial charge < -0.3 is 15.6 Å². The molecule has 0 aliphatic heterocycles. The molecule has 0 fully saturated rings. The Balaban J connectivity index is 2.20. The van der Waals surface area contributed by atoms with Gasteiger partial charge in [0.05, 0.1) is 11.9 Å². The molecule has 0 aromatic carbocycles. The molecule has 2 aromatic heterocycles. The number of nitrogens with one attached hydrogen (secondary N) is 1. The maximum Gasteiger partial charge on any atom is 0.197 e. The minimum Gasteiger partial charge on any atom is -0.369 e. The van der Waals surface area contributed by atoms with Crippen molar-refractivity contribution in [2.24, 2.45) is 0 Å². The summed E-state index contributed by atoms with van der Waals surface area (Å²) in [6.07, 6.45) is 3.59. The third kappa shape index (κ3) is 2.34. The van der Waals surface area contributed by atoms with Gasteiger partial charge in [0.1, 0.15) is 5.01 Å². The van der Waals surface area contributed by atoms with Crippen molar-refractivity contribution in [2.45, 2.75) is 6.54 Å². The first kappa shape index (κ1) is 10.1. The molecule has 0 radical (unpaired) electrons. The third-order valence-corrected chi connectivity index (χ3v) is 2.87. The van der Waals surface area contributed by atoms with Gasteiger partial charge in [-0.1, -0.05) is 0 Å². The number of H-pyrrole nitrogens is 1. The molecule has 0 unspecified atom stereocenters. The number of imidazole rings is 1. The smallest absolute Gasteiger partial charge is 0.197 e. The van der Waals surface area contributed by atoms with E-state index in [9.17, 15) is 0 Å². The summed E-state index contributed by atoms with van der Waals surface area (Å²) in [5.41, 5.74) is 6.38. The minimum atomic E-state index is 0.425. The van der Waals surface area contributed by atoms with Crippen LogP contribution in [0.5, 0.6) is 0 Å². The molecule has 3 N–H and O–H groups in total. The van der Waals surface area contributed by atoms with Gasteiger partial charge in [-0.3, -0.25) is 0 Å². The second kappa shape index (κ2) is 4.00. The first-order chi connectivity index (χ1) is 7.15. The Kier molecular flexibility index (Phi) is 2.70. The van der Waals surface area contributed by atoms with E-state index in [2.05, 4.69) is 19.9 Å². The number of aromatic nitrogens is 3. The molecule has 0 saturated heterocycles. The normalized spacial score (nSPS) is 11.1. The summed E-state index contributed by atoms with van der Waals surface area (Å²) >= 11 is 1.65. The molecule has 15 heavy (non-hydrogen) atoms. The molecule has 2 aromatic rings. The average molecular weight is 223 g/mol. The standard InChI is InChI=1S/C9H13N5S/c1-14(2)5-6-3-11-8(15-6)7-4-12-9(10)13-7/h3-4H,5H2,1-2H3,(H3,10,12,13). The quantitative estimate of drug-likeness (QED) is 0.819. The molecule has 0 aliphatic rings. The first-order valence-corrected chi connectivity index (χ1v) is 5.37. The van der Waals surface area contributed by atoms with E-state index in [1.807, 2.05) is 20.3 Å². The molecule has 0 saturated carbocycles. The fraction of sp³-hybridized carbons (Fsp3) is 0.333. The Morgan fingerprint density at radius 3 is 2.80 bits per heavy atom. The van der Waals surface area contributed by atoms with Crippen molar-refractivity contribution >= 4 is 17.3 Å². The number of anilines is 1. The zero-order valence-electron chi connectivity index (χ0n) is 8.69. The zero-order valence-corrected chi connectivity index (χ0v) is 9.51. The number of hydrogen-bond acceptors (Lipinski definition) is 5.